The second-order valence-corrected chi connectivity index (χ2v) is 6.52. The van der Waals surface area contributed by atoms with Crippen LogP contribution in [0.3, 0.4) is 0 Å². The van der Waals surface area contributed by atoms with E-state index in [2.05, 4.69) is 35.6 Å². The van der Waals surface area contributed by atoms with Crippen LogP contribution in [0.4, 0.5) is 0 Å². The number of phenolic OH excluding ortho intramolecular Hbond substituents is 1. The van der Waals surface area contributed by atoms with Gasteiger partial charge in [0.25, 0.3) is 0 Å². The van der Waals surface area contributed by atoms with E-state index in [1.807, 2.05) is 6.07 Å². The number of rotatable bonds is 3. The number of hydrogen-bond acceptors (Lipinski definition) is 2. The molecule has 0 unspecified atom stereocenters. The van der Waals surface area contributed by atoms with E-state index in [1.165, 1.54) is 49.7 Å². The van der Waals surface area contributed by atoms with Crippen LogP contribution in [0.5, 0.6) is 5.75 Å². The van der Waals surface area contributed by atoms with Gasteiger partial charge in [-0.1, -0.05) is 25.0 Å². The minimum Gasteiger partial charge on any atom is -0.506 e. The van der Waals surface area contributed by atoms with Crippen LogP contribution in [0.2, 0.25) is 0 Å². The van der Waals surface area contributed by atoms with Crippen molar-refractivity contribution in [2.45, 2.75) is 52.1 Å². The number of aromatic hydroxyl groups is 1. The quantitative estimate of drug-likeness (QED) is 0.911. The van der Waals surface area contributed by atoms with Crippen LogP contribution in [-0.4, -0.2) is 27.7 Å². The second-order valence-electron chi connectivity index (χ2n) is 6.52. The van der Waals surface area contributed by atoms with Crippen LogP contribution in [0, 0.1) is 0 Å². The van der Waals surface area contributed by atoms with Gasteiger partial charge in [-0.15, -0.1) is 0 Å². The molecule has 3 heteroatoms. The Labute approximate surface area is 127 Å². The lowest BCUT2D eigenvalue weighted by Gasteiger charge is -2.19. The predicted molar refractivity (Wildman–Crippen MR) is 87.7 cm³/mol. The number of hydrogen-bond donors (Lipinski definition) is 1. The average molecular weight is 286 g/mol. The van der Waals surface area contributed by atoms with E-state index in [4.69, 9.17) is 0 Å². The number of likely N-dealkylation sites (tertiary alicyclic amines) is 1. The summed E-state index contributed by atoms with van der Waals surface area (Å²) < 4.78 is 2.21. The highest BCUT2D eigenvalue weighted by atomic mass is 16.3. The maximum Gasteiger partial charge on any atom is 0.139 e. The van der Waals surface area contributed by atoms with E-state index in [-0.39, 0.29) is 0 Å². The highest BCUT2D eigenvalue weighted by Crippen LogP contribution is 2.32. The van der Waals surface area contributed by atoms with Crippen molar-refractivity contribution in [2.75, 3.05) is 13.1 Å². The summed E-state index contributed by atoms with van der Waals surface area (Å²) in [6.45, 7) is 7.74. The van der Waals surface area contributed by atoms with E-state index in [9.17, 15) is 5.11 Å². The van der Waals surface area contributed by atoms with Gasteiger partial charge < -0.3 is 9.67 Å². The smallest absolute Gasteiger partial charge is 0.139 e. The normalized spacial score (nSPS) is 17.5. The molecule has 1 aromatic heterocycles. The molecule has 2 heterocycles. The van der Waals surface area contributed by atoms with Gasteiger partial charge in [0.2, 0.25) is 0 Å². The third-order valence-corrected chi connectivity index (χ3v) is 4.56. The van der Waals surface area contributed by atoms with Crippen LogP contribution in [-0.2, 0) is 6.54 Å². The van der Waals surface area contributed by atoms with Crippen molar-refractivity contribution in [3.8, 4) is 5.75 Å². The van der Waals surface area contributed by atoms with Gasteiger partial charge >= 0.3 is 0 Å². The summed E-state index contributed by atoms with van der Waals surface area (Å²) in [5.41, 5.74) is 2.33. The molecule has 0 saturated carbocycles. The van der Waals surface area contributed by atoms with Crippen LogP contribution in [0.25, 0.3) is 10.9 Å². The van der Waals surface area contributed by atoms with E-state index in [0.29, 0.717) is 11.8 Å². The van der Waals surface area contributed by atoms with Crippen molar-refractivity contribution in [1.82, 2.24) is 9.47 Å². The SMILES string of the molecule is CC(C)n1cc(CN2CCCCCC2)c2cccc(O)c21. The predicted octanol–water partition coefficient (Wildman–Crippen LogP) is 4.30. The van der Waals surface area contributed by atoms with Gasteiger partial charge in [0.05, 0.1) is 5.52 Å². The molecule has 0 atom stereocenters. The fourth-order valence-corrected chi connectivity index (χ4v) is 3.43. The Balaban J connectivity index is 1.96. The third kappa shape index (κ3) is 2.93. The molecule has 1 saturated heterocycles. The van der Waals surface area contributed by atoms with E-state index in [0.717, 1.165) is 12.1 Å². The first kappa shape index (κ1) is 14.5. The summed E-state index contributed by atoms with van der Waals surface area (Å²) in [4.78, 5) is 2.57. The van der Waals surface area contributed by atoms with Gasteiger partial charge in [-0.3, -0.25) is 4.90 Å². The molecule has 0 radical (unpaired) electrons. The lowest BCUT2D eigenvalue weighted by Crippen LogP contribution is -2.23. The number of nitrogens with zero attached hydrogens (tertiary/aromatic N) is 2. The maximum atomic E-state index is 10.2. The van der Waals surface area contributed by atoms with Gasteiger partial charge in [0, 0.05) is 24.2 Å². The van der Waals surface area contributed by atoms with Gasteiger partial charge in [0.15, 0.2) is 0 Å². The molecule has 0 bridgehead atoms. The Kier molecular flexibility index (Phi) is 4.20. The lowest BCUT2D eigenvalue weighted by molar-refractivity contribution is 0.277. The van der Waals surface area contributed by atoms with Crippen LogP contribution >= 0.6 is 0 Å². The zero-order valence-corrected chi connectivity index (χ0v) is 13.2. The zero-order valence-electron chi connectivity index (χ0n) is 13.2. The van der Waals surface area contributed by atoms with Crippen molar-refractivity contribution in [3.63, 3.8) is 0 Å². The number of fused-ring (bicyclic) bond motifs is 1. The average Bonchev–Trinajstić information content (AvgIpc) is 2.65. The minimum absolute atomic E-state index is 0.360. The van der Waals surface area contributed by atoms with E-state index >= 15 is 0 Å². The van der Waals surface area contributed by atoms with Crippen LogP contribution in [0.15, 0.2) is 24.4 Å². The molecular formula is C18H26N2O. The summed E-state index contributed by atoms with van der Waals surface area (Å²) in [5, 5.41) is 11.4. The van der Waals surface area contributed by atoms with Crippen molar-refractivity contribution in [2.24, 2.45) is 0 Å². The Bertz CT molecular complexity index is 607. The molecule has 0 spiro atoms. The summed E-state index contributed by atoms with van der Waals surface area (Å²) in [6.07, 6.45) is 7.60. The fraction of sp³-hybridized carbons (Fsp3) is 0.556. The number of para-hydroxylation sites is 1. The largest absolute Gasteiger partial charge is 0.506 e. The maximum absolute atomic E-state index is 10.2. The molecule has 3 nitrogen and oxygen atoms in total. The first-order valence-electron chi connectivity index (χ1n) is 8.20. The van der Waals surface area contributed by atoms with Gasteiger partial charge in [0.1, 0.15) is 5.75 Å². The van der Waals surface area contributed by atoms with Gasteiger partial charge in [-0.2, -0.15) is 0 Å². The summed E-state index contributed by atoms with van der Waals surface area (Å²) in [6, 6.07) is 6.24. The standard InChI is InChI=1S/C18H26N2O/c1-14(2)20-13-15(12-19-10-5-3-4-6-11-19)16-8-7-9-17(21)18(16)20/h7-9,13-14,21H,3-6,10-12H2,1-2H3. The molecule has 2 aromatic rings. The van der Waals surface area contributed by atoms with Crippen molar-refractivity contribution in [3.05, 3.63) is 30.0 Å². The minimum atomic E-state index is 0.360. The molecule has 1 aliphatic heterocycles. The summed E-state index contributed by atoms with van der Waals surface area (Å²) >= 11 is 0. The Morgan fingerprint density at radius 2 is 1.81 bits per heavy atom. The molecule has 21 heavy (non-hydrogen) atoms. The Hall–Kier alpha value is -1.48. The summed E-state index contributed by atoms with van der Waals surface area (Å²) in [7, 11) is 0. The molecule has 1 N–H and O–H groups in total. The Morgan fingerprint density at radius 3 is 2.48 bits per heavy atom. The van der Waals surface area contributed by atoms with Gasteiger partial charge in [-0.05, 0) is 51.4 Å². The lowest BCUT2D eigenvalue weighted by atomic mass is 10.1. The van der Waals surface area contributed by atoms with Gasteiger partial charge in [-0.25, -0.2) is 0 Å². The molecule has 3 rings (SSSR count). The summed E-state index contributed by atoms with van der Waals surface area (Å²) in [5.74, 6) is 0.392. The van der Waals surface area contributed by atoms with Crippen LogP contribution in [0.1, 0.15) is 51.1 Å². The topological polar surface area (TPSA) is 28.4 Å². The van der Waals surface area contributed by atoms with Crippen molar-refractivity contribution >= 4 is 10.9 Å². The molecule has 0 aliphatic carbocycles. The van der Waals surface area contributed by atoms with E-state index < -0.39 is 0 Å². The van der Waals surface area contributed by atoms with E-state index in [1.54, 1.807) is 6.07 Å². The molecule has 114 valence electrons. The third-order valence-electron chi connectivity index (χ3n) is 4.56. The first-order chi connectivity index (χ1) is 10.2. The molecule has 0 amide bonds. The fourth-order valence-electron chi connectivity index (χ4n) is 3.43. The molecule has 1 aliphatic rings. The Morgan fingerprint density at radius 1 is 1.10 bits per heavy atom. The first-order valence-corrected chi connectivity index (χ1v) is 8.20. The molecule has 1 fully saturated rings. The number of benzene rings is 1. The number of aromatic nitrogens is 1. The highest BCUT2D eigenvalue weighted by Gasteiger charge is 2.16. The van der Waals surface area contributed by atoms with Crippen LogP contribution < -0.4 is 0 Å². The molecule has 1 aromatic carbocycles. The molecular weight excluding hydrogens is 260 g/mol. The number of phenols is 1. The second kappa shape index (κ2) is 6.10. The monoisotopic (exact) mass is 286 g/mol. The van der Waals surface area contributed by atoms with Crippen molar-refractivity contribution < 1.29 is 5.11 Å². The highest BCUT2D eigenvalue weighted by molar-refractivity contribution is 5.89. The van der Waals surface area contributed by atoms with Crippen molar-refractivity contribution in [1.29, 1.82) is 0 Å². The zero-order chi connectivity index (χ0) is 14.8.